The van der Waals surface area contributed by atoms with Crippen molar-refractivity contribution in [3.8, 4) is 0 Å². The zero-order valence-electron chi connectivity index (χ0n) is 18.3. The molecule has 2 heterocycles. The number of morpholine rings is 1. The van der Waals surface area contributed by atoms with Crippen LogP contribution in [0.4, 0.5) is 4.79 Å². The summed E-state index contributed by atoms with van der Waals surface area (Å²) in [4.78, 5) is 26.0. The summed E-state index contributed by atoms with van der Waals surface area (Å²) < 4.78 is 16.7. The van der Waals surface area contributed by atoms with Crippen LogP contribution in [-0.2, 0) is 19.0 Å². The Morgan fingerprint density at radius 1 is 1.24 bits per heavy atom. The Bertz CT molecular complexity index is 608. The molecule has 2 aliphatic rings. The smallest absolute Gasteiger partial charge is 0.410 e. The molecule has 2 fully saturated rings. The quantitative estimate of drug-likeness (QED) is 0.540. The molecule has 7 nitrogen and oxygen atoms in total. The average Bonchev–Trinajstić information content (AvgIpc) is 2.68. The Hall–Kier alpha value is -1.86. The van der Waals surface area contributed by atoms with Gasteiger partial charge >= 0.3 is 6.09 Å². The Kier molecular flexibility index (Phi) is 9.17. The summed E-state index contributed by atoms with van der Waals surface area (Å²) in [5.41, 5.74) is 1.29. The van der Waals surface area contributed by atoms with Gasteiger partial charge in [-0.2, -0.15) is 0 Å². The SMILES string of the molecule is CC(C)=CC[C@@H]1O[C@H](C)[C@H](NC(=O)/C=C\[C@H](C)OC(=O)N2CCOCC2)C[C@@H]1C. The highest BCUT2D eigenvalue weighted by Gasteiger charge is 2.33. The minimum Gasteiger partial charge on any atom is -0.442 e. The van der Waals surface area contributed by atoms with Crippen LogP contribution < -0.4 is 5.32 Å². The first-order valence-electron chi connectivity index (χ1n) is 10.6. The number of carbonyl (C=O) groups is 2. The third-order valence-corrected chi connectivity index (χ3v) is 5.38. The van der Waals surface area contributed by atoms with E-state index in [1.807, 2.05) is 6.92 Å². The van der Waals surface area contributed by atoms with E-state index in [4.69, 9.17) is 14.2 Å². The first-order chi connectivity index (χ1) is 13.8. The van der Waals surface area contributed by atoms with Gasteiger partial charge in [-0.3, -0.25) is 4.79 Å². The molecule has 0 spiro atoms. The highest BCUT2D eigenvalue weighted by molar-refractivity contribution is 5.87. The number of hydrogen-bond donors (Lipinski definition) is 1. The topological polar surface area (TPSA) is 77.1 Å². The van der Waals surface area contributed by atoms with Crippen molar-refractivity contribution in [2.24, 2.45) is 5.92 Å². The van der Waals surface area contributed by atoms with E-state index in [1.54, 1.807) is 17.9 Å². The van der Waals surface area contributed by atoms with Crippen molar-refractivity contribution in [2.75, 3.05) is 26.3 Å². The third-order valence-electron chi connectivity index (χ3n) is 5.38. The highest BCUT2D eigenvalue weighted by atomic mass is 16.6. The molecule has 7 heteroatoms. The number of rotatable bonds is 6. The average molecular weight is 409 g/mol. The summed E-state index contributed by atoms with van der Waals surface area (Å²) in [5.74, 6) is 0.166. The van der Waals surface area contributed by atoms with Crippen molar-refractivity contribution in [1.29, 1.82) is 0 Å². The van der Waals surface area contributed by atoms with Gasteiger partial charge < -0.3 is 24.4 Å². The monoisotopic (exact) mass is 408 g/mol. The van der Waals surface area contributed by atoms with E-state index in [-0.39, 0.29) is 30.3 Å². The van der Waals surface area contributed by atoms with Crippen molar-refractivity contribution in [1.82, 2.24) is 10.2 Å². The van der Waals surface area contributed by atoms with Crippen molar-refractivity contribution in [3.05, 3.63) is 23.8 Å². The fraction of sp³-hybridized carbons (Fsp3) is 0.727. The van der Waals surface area contributed by atoms with Gasteiger partial charge in [0.1, 0.15) is 6.10 Å². The maximum atomic E-state index is 12.3. The summed E-state index contributed by atoms with van der Waals surface area (Å²) in [6, 6.07) is -0.0312. The van der Waals surface area contributed by atoms with E-state index < -0.39 is 6.10 Å². The van der Waals surface area contributed by atoms with Gasteiger partial charge in [-0.15, -0.1) is 0 Å². The molecule has 0 bridgehead atoms. The van der Waals surface area contributed by atoms with E-state index in [1.165, 1.54) is 11.6 Å². The lowest BCUT2D eigenvalue weighted by molar-refractivity contribution is -0.123. The fourth-order valence-electron chi connectivity index (χ4n) is 3.54. The van der Waals surface area contributed by atoms with Crippen LogP contribution in [0.25, 0.3) is 0 Å². The minimum absolute atomic E-state index is 0.0312. The van der Waals surface area contributed by atoms with Gasteiger partial charge in [0.15, 0.2) is 0 Å². The van der Waals surface area contributed by atoms with Crippen LogP contribution in [0.2, 0.25) is 0 Å². The van der Waals surface area contributed by atoms with Gasteiger partial charge in [0.05, 0.1) is 31.5 Å². The van der Waals surface area contributed by atoms with Gasteiger partial charge in [0, 0.05) is 19.2 Å². The van der Waals surface area contributed by atoms with E-state index in [0.717, 1.165) is 12.8 Å². The van der Waals surface area contributed by atoms with E-state index in [2.05, 4.69) is 32.2 Å². The molecule has 2 aliphatic heterocycles. The molecule has 0 aromatic heterocycles. The zero-order chi connectivity index (χ0) is 21.4. The second-order valence-corrected chi connectivity index (χ2v) is 8.27. The van der Waals surface area contributed by atoms with Crippen LogP contribution in [0.15, 0.2) is 23.8 Å². The molecule has 0 aromatic rings. The Labute approximate surface area is 174 Å². The standard InChI is InChI=1S/C22H36N2O5/c1-15(2)6-8-20-16(3)14-19(18(5)29-20)23-21(25)9-7-17(4)28-22(26)24-10-12-27-13-11-24/h6-7,9,16-20H,8,10-14H2,1-5H3,(H,23,25)/b9-7-/t16-,17-,18+,19+,20-/m0/s1. The number of allylic oxidation sites excluding steroid dienone is 1. The second kappa shape index (κ2) is 11.4. The van der Waals surface area contributed by atoms with E-state index in [9.17, 15) is 9.59 Å². The van der Waals surface area contributed by atoms with Crippen molar-refractivity contribution in [3.63, 3.8) is 0 Å². The molecule has 1 N–H and O–H groups in total. The lowest BCUT2D eigenvalue weighted by atomic mass is 9.88. The molecule has 0 radical (unpaired) electrons. The minimum atomic E-state index is -0.483. The largest absolute Gasteiger partial charge is 0.442 e. The van der Waals surface area contributed by atoms with Crippen LogP contribution in [0.3, 0.4) is 0 Å². The molecule has 0 aromatic carbocycles. The number of nitrogens with one attached hydrogen (secondary N) is 1. The molecule has 0 unspecified atom stereocenters. The molecule has 0 saturated carbocycles. The fourth-order valence-corrected chi connectivity index (χ4v) is 3.54. The highest BCUT2D eigenvalue weighted by Crippen LogP contribution is 2.27. The molecule has 2 saturated heterocycles. The number of amides is 2. The summed E-state index contributed by atoms with van der Waals surface area (Å²) in [6.07, 6.45) is 6.30. The van der Waals surface area contributed by atoms with E-state index in [0.29, 0.717) is 32.2 Å². The summed E-state index contributed by atoms with van der Waals surface area (Å²) in [5, 5.41) is 3.02. The maximum Gasteiger partial charge on any atom is 0.410 e. The van der Waals surface area contributed by atoms with Crippen molar-refractivity contribution in [2.45, 2.75) is 71.8 Å². The predicted molar refractivity (Wildman–Crippen MR) is 112 cm³/mol. The lowest BCUT2D eigenvalue weighted by Gasteiger charge is -2.39. The van der Waals surface area contributed by atoms with Crippen LogP contribution in [-0.4, -0.2) is 67.6 Å². The molecule has 2 rings (SSSR count). The van der Waals surface area contributed by atoms with Gasteiger partial charge in [-0.25, -0.2) is 4.79 Å². The van der Waals surface area contributed by atoms with Gasteiger partial charge in [-0.05, 0) is 52.5 Å². The number of carbonyl (C=O) groups excluding carboxylic acids is 2. The molecular formula is C22H36N2O5. The Morgan fingerprint density at radius 3 is 2.59 bits per heavy atom. The zero-order valence-corrected chi connectivity index (χ0v) is 18.3. The van der Waals surface area contributed by atoms with Crippen LogP contribution in [0.1, 0.15) is 47.5 Å². The first kappa shape index (κ1) is 23.4. The number of ether oxygens (including phenoxy) is 3. The normalized spacial score (nSPS) is 28.7. The molecule has 29 heavy (non-hydrogen) atoms. The second-order valence-electron chi connectivity index (χ2n) is 8.27. The Balaban J connectivity index is 1.77. The lowest BCUT2D eigenvalue weighted by Crippen LogP contribution is -2.50. The number of nitrogens with zero attached hydrogens (tertiary/aromatic N) is 1. The molecule has 5 atom stereocenters. The summed E-state index contributed by atoms with van der Waals surface area (Å²) >= 11 is 0. The van der Waals surface area contributed by atoms with Gasteiger partial charge in [0.25, 0.3) is 0 Å². The number of hydrogen-bond acceptors (Lipinski definition) is 5. The molecule has 2 amide bonds. The Morgan fingerprint density at radius 2 is 1.93 bits per heavy atom. The molecular weight excluding hydrogens is 372 g/mol. The van der Waals surface area contributed by atoms with Gasteiger partial charge in [0.2, 0.25) is 5.91 Å². The summed E-state index contributed by atoms with van der Waals surface area (Å²) in [7, 11) is 0. The van der Waals surface area contributed by atoms with Crippen LogP contribution in [0.5, 0.6) is 0 Å². The van der Waals surface area contributed by atoms with Gasteiger partial charge in [-0.1, -0.05) is 18.6 Å². The molecule has 0 aliphatic carbocycles. The maximum absolute atomic E-state index is 12.3. The van der Waals surface area contributed by atoms with Crippen molar-refractivity contribution < 1.29 is 23.8 Å². The summed E-state index contributed by atoms with van der Waals surface area (Å²) in [6.45, 7) is 12.2. The molecule has 164 valence electrons. The predicted octanol–water partition coefficient (Wildman–Crippen LogP) is 3.05. The van der Waals surface area contributed by atoms with Crippen molar-refractivity contribution >= 4 is 12.0 Å². The third kappa shape index (κ3) is 7.82. The van der Waals surface area contributed by atoms with E-state index >= 15 is 0 Å². The van der Waals surface area contributed by atoms with Crippen LogP contribution in [0, 0.1) is 5.92 Å². The first-order valence-corrected chi connectivity index (χ1v) is 10.6. The van der Waals surface area contributed by atoms with Crippen LogP contribution >= 0.6 is 0 Å².